The monoisotopic (exact) mass is 501 g/mol. The number of ether oxygens (including phenoxy) is 3. The van der Waals surface area contributed by atoms with Gasteiger partial charge in [-0.05, 0) is 47.5 Å². The molecule has 1 N–H and O–H groups in total. The molecule has 0 saturated heterocycles. The molecule has 0 atom stereocenters. The molecule has 3 rings (SSSR count). The molecule has 3 aromatic carbocycles. The molecule has 0 aliphatic heterocycles. The molecule has 0 radical (unpaired) electrons. The maximum atomic E-state index is 6.47. The zero-order valence-corrected chi connectivity index (χ0v) is 20.2. The average molecular weight is 503 g/mol. The first kappa shape index (κ1) is 25.4. The third-order valence-corrected chi connectivity index (χ3v) is 5.36. The normalized spacial score (nSPS) is 10.4. The van der Waals surface area contributed by atoms with Crippen LogP contribution in [0.3, 0.4) is 0 Å². The number of methoxy groups -OCH3 is 2. The summed E-state index contributed by atoms with van der Waals surface area (Å²) in [5, 5.41) is 4.98. The van der Waals surface area contributed by atoms with Crippen molar-refractivity contribution in [1.29, 1.82) is 0 Å². The van der Waals surface area contributed by atoms with E-state index < -0.39 is 0 Å². The number of hydrogen-bond acceptors (Lipinski definition) is 4. The van der Waals surface area contributed by atoms with Crippen molar-refractivity contribution in [2.24, 2.45) is 0 Å². The van der Waals surface area contributed by atoms with E-state index in [1.54, 1.807) is 26.4 Å². The van der Waals surface area contributed by atoms with Gasteiger partial charge in [-0.15, -0.1) is 12.4 Å². The van der Waals surface area contributed by atoms with Gasteiger partial charge in [0, 0.05) is 28.7 Å². The van der Waals surface area contributed by atoms with E-state index in [0.717, 1.165) is 29.0 Å². The Hall–Kier alpha value is -1.82. The molecule has 166 valence electrons. The van der Waals surface area contributed by atoms with Gasteiger partial charge >= 0.3 is 0 Å². The Morgan fingerprint density at radius 2 is 1.48 bits per heavy atom. The smallest absolute Gasteiger partial charge is 0.180 e. The highest BCUT2D eigenvalue weighted by molar-refractivity contribution is 6.35. The van der Waals surface area contributed by atoms with Crippen LogP contribution in [0.4, 0.5) is 0 Å². The van der Waals surface area contributed by atoms with E-state index in [1.165, 1.54) is 0 Å². The fourth-order valence-electron chi connectivity index (χ4n) is 2.90. The summed E-state index contributed by atoms with van der Waals surface area (Å²) in [5.41, 5.74) is 2.96. The SMILES string of the molecule is COc1ccc(CNCc2cc(Cl)c(OCc3ccc(Cl)cc3Cl)c(OC)c2)cc1.Cl. The third kappa shape index (κ3) is 7.09. The predicted octanol–water partition coefficient (Wildman–Crippen LogP) is 6.95. The van der Waals surface area contributed by atoms with E-state index >= 15 is 0 Å². The molecule has 0 aliphatic rings. The lowest BCUT2D eigenvalue weighted by atomic mass is 10.1. The van der Waals surface area contributed by atoms with Gasteiger partial charge < -0.3 is 19.5 Å². The van der Waals surface area contributed by atoms with Gasteiger partial charge in [-0.3, -0.25) is 0 Å². The van der Waals surface area contributed by atoms with Crippen LogP contribution in [0.25, 0.3) is 0 Å². The number of benzene rings is 3. The Balaban J connectivity index is 0.00000341. The van der Waals surface area contributed by atoms with Crippen molar-refractivity contribution in [3.63, 3.8) is 0 Å². The highest BCUT2D eigenvalue weighted by Crippen LogP contribution is 2.37. The van der Waals surface area contributed by atoms with Crippen LogP contribution in [-0.4, -0.2) is 14.2 Å². The molecule has 0 aliphatic carbocycles. The zero-order valence-electron chi connectivity index (χ0n) is 17.1. The van der Waals surface area contributed by atoms with Gasteiger partial charge in [-0.25, -0.2) is 0 Å². The first-order valence-corrected chi connectivity index (χ1v) is 10.4. The van der Waals surface area contributed by atoms with Crippen LogP contribution in [0.15, 0.2) is 54.6 Å². The van der Waals surface area contributed by atoms with Gasteiger partial charge in [-0.1, -0.05) is 53.0 Å². The Morgan fingerprint density at radius 3 is 2.13 bits per heavy atom. The van der Waals surface area contributed by atoms with E-state index in [1.807, 2.05) is 42.5 Å². The molecule has 0 bridgehead atoms. The molecular formula is C23H23Cl4NO3. The van der Waals surface area contributed by atoms with Crippen molar-refractivity contribution >= 4 is 47.2 Å². The average Bonchev–Trinajstić information content (AvgIpc) is 2.74. The Morgan fingerprint density at radius 1 is 0.774 bits per heavy atom. The quantitative estimate of drug-likeness (QED) is 0.343. The van der Waals surface area contributed by atoms with Crippen molar-refractivity contribution < 1.29 is 14.2 Å². The second kappa shape index (κ2) is 12.3. The van der Waals surface area contributed by atoms with E-state index in [-0.39, 0.29) is 19.0 Å². The van der Waals surface area contributed by atoms with Gasteiger partial charge in [0.1, 0.15) is 12.4 Å². The van der Waals surface area contributed by atoms with Crippen LogP contribution in [-0.2, 0) is 19.7 Å². The van der Waals surface area contributed by atoms with Crippen LogP contribution < -0.4 is 19.5 Å². The minimum atomic E-state index is 0. The lowest BCUT2D eigenvalue weighted by Crippen LogP contribution is -2.13. The predicted molar refractivity (Wildman–Crippen MR) is 130 cm³/mol. The molecular weight excluding hydrogens is 480 g/mol. The van der Waals surface area contributed by atoms with Crippen molar-refractivity contribution in [3.05, 3.63) is 86.4 Å². The van der Waals surface area contributed by atoms with Crippen LogP contribution in [0.5, 0.6) is 17.2 Å². The standard InChI is InChI=1S/C23H22Cl3NO3.ClH/c1-28-19-7-3-15(4-8-19)12-27-13-16-9-21(26)23(22(10-16)29-2)30-14-17-5-6-18(24)11-20(17)25;/h3-11,27H,12-14H2,1-2H3;1H. The van der Waals surface area contributed by atoms with Gasteiger partial charge in [0.2, 0.25) is 0 Å². The summed E-state index contributed by atoms with van der Waals surface area (Å²) in [6.07, 6.45) is 0. The summed E-state index contributed by atoms with van der Waals surface area (Å²) in [5.74, 6) is 1.88. The highest BCUT2D eigenvalue weighted by atomic mass is 35.5. The van der Waals surface area contributed by atoms with Crippen molar-refractivity contribution in [1.82, 2.24) is 5.32 Å². The number of hydrogen-bond donors (Lipinski definition) is 1. The van der Waals surface area contributed by atoms with Crippen molar-refractivity contribution in [2.45, 2.75) is 19.7 Å². The topological polar surface area (TPSA) is 39.7 Å². The second-order valence-corrected chi connectivity index (χ2v) is 7.84. The summed E-state index contributed by atoms with van der Waals surface area (Å²) in [6.45, 7) is 1.60. The minimum absolute atomic E-state index is 0. The largest absolute Gasteiger partial charge is 0.497 e. The van der Waals surface area contributed by atoms with Crippen molar-refractivity contribution in [3.8, 4) is 17.2 Å². The van der Waals surface area contributed by atoms with Gasteiger partial charge in [0.05, 0.1) is 19.2 Å². The summed E-state index contributed by atoms with van der Waals surface area (Å²) < 4.78 is 16.6. The fourth-order valence-corrected chi connectivity index (χ4v) is 3.65. The van der Waals surface area contributed by atoms with Gasteiger partial charge in [-0.2, -0.15) is 0 Å². The van der Waals surface area contributed by atoms with Crippen LogP contribution in [0.2, 0.25) is 15.1 Å². The van der Waals surface area contributed by atoms with Crippen LogP contribution >= 0.6 is 47.2 Å². The van der Waals surface area contributed by atoms with Crippen molar-refractivity contribution in [2.75, 3.05) is 14.2 Å². The maximum Gasteiger partial charge on any atom is 0.180 e. The molecule has 0 unspecified atom stereocenters. The minimum Gasteiger partial charge on any atom is -0.497 e. The molecule has 8 heteroatoms. The zero-order chi connectivity index (χ0) is 21.5. The summed E-state index contributed by atoms with van der Waals surface area (Å²) in [6, 6.07) is 17.0. The fraction of sp³-hybridized carbons (Fsp3) is 0.217. The van der Waals surface area contributed by atoms with E-state index in [0.29, 0.717) is 33.1 Å². The molecule has 0 saturated carbocycles. The highest BCUT2D eigenvalue weighted by Gasteiger charge is 2.13. The molecule has 0 spiro atoms. The van der Waals surface area contributed by atoms with E-state index in [9.17, 15) is 0 Å². The lowest BCUT2D eigenvalue weighted by molar-refractivity contribution is 0.284. The maximum absolute atomic E-state index is 6.47. The van der Waals surface area contributed by atoms with Crippen LogP contribution in [0, 0.1) is 0 Å². The molecule has 3 aromatic rings. The lowest BCUT2D eigenvalue weighted by Gasteiger charge is -2.15. The molecule has 4 nitrogen and oxygen atoms in total. The van der Waals surface area contributed by atoms with Crippen LogP contribution in [0.1, 0.15) is 16.7 Å². The Bertz CT molecular complexity index is 997. The van der Waals surface area contributed by atoms with Gasteiger partial charge in [0.15, 0.2) is 11.5 Å². The van der Waals surface area contributed by atoms with E-state index in [2.05, 4.69) is 5.32 Å². The Labute approximate surface area is 203 Å². The molecule has 0 heterocycles. The second-order valence-electron chi connectivity index (χ2n) is 6.59. The summed E-state index contributed by atoms with van der Waals surface area (Å²) in [7, 11) is 3.24. The summed E-state index contributed by atoms with van der Waals surface area (Å²) in [4.78, 5) is 0. The number of nitrogens with one attached hydrogen (secondary N) is 1. The van der Waals surface area contributed by atoms with Gasteiger partial charge in [0.25, 0.3) is 0 Å². The molecule has 0 amide bonds. The third-order valence-electron chi connectivity index (χ3n) is 4.49. The Kier molecular flexibility index (Phi) is 10.1. The molecule has 31 heavy (non-hydrogen) atoms. The number of rotatable bonds is 9. The number of halogens is 4. The first-order valence-electron chi connectivity index (χ1n) is 9.27. The van der Waals surface area contributed by atoms with E-state index in [4.69, 9.17) is 49.0 Å². The molecule has 0 fully saturated rings. The summed E-state index contributed by atoms with van der Waals surface area (Å²) >= 11 is 18.6. The molecule has 0 aromatic heterocycles. The first-order chi connectivity index (χ1) is 14.5.